The highest BCUT2D eigenvalue weighted by Gasteiger charge is 2.22. The lowest BCUT2D eigenvalue weighted by Gasteiger charge is -2.20. The molecule has 1 aromatic heterocycles. The van der Waals surface area contributed by atoms with E-state index in [9.17, 15) is 9.90 Å². The number of aryl methyl sites for hydroxylation is 4. The SMILES string of the molecule is C=CC(=O)OC(O)COc1cc(-c2ccc(C)cc2C)cc(-c2ccc(C)cc2C)c1-c1ncncn1. The lowest BCUT2D eigenvalue weighted by molar-refractivity contribution is -0.166. The van der Waals surface area contributed by atoms with Gasteiger partial charge in [0, 0.05) is 6.08 Å². The number of ether oxygens (including phenoxy) is 2. The van der Waals surface area contributed by atoms with Gasteiger partial charge in [-0.1, -0.05) is 54.1 Å². The van der Waals surface area contributed by atoms with Gasteiger partial charge in [0.25, 0.3) is 0 Å². The van der Waals surface area contributed by atoms with Crippen molar-refractivity contribution in [2.45, 2.75) is 34.0 Å². The van der Waals surface area contributed by atoms with Crippen molar-refractivity contribution >= 4 is 5.97 Å². The van der Waals surface area contributed by atoms with Gasteiger partial charge in [0.15, 0.2) is 12.4 Å². The summed E-state index contributed by atoms with van der Waals surface area (Å²) in [6, 6.07) is 16.5. The number of nitrogens with zero attached hydrogens (tertiary/aromatic N) is 3. The summed E-state index contributed by atoms with van der Waals surface area (Å²) in [4.78, 5) is 24.3. The maximum atomic E-state index is 11.5. The monoisotopic (exact) mass is 495 g/mol. The van der Waals surface area contributed by atoms with E-state index in [0.717, 1.165) is 45.0 Å². The molecule has 0 aliphatic heterocycles. The molecule has 0 saturated carbocycles. The molecule has 1 N–H and O–H groups in total. The molecule has 0 aliphatic rings. The zero-order valence-electron chi connectivity index (χ0n) is 21.4. The van der Waals surface area contributed by atoms with Crippen molar-refractivity contribution in [2.24, 2.45) is 0 Å². The normalized spacial score (nSPS) is 11.6. The van der Waals surface area contributed by atoms with E-state index in [1.165, 1.54) is 18.2 Å². The number of aliphatic hydroxyl groups is 1. The van der Waals surface area contributed by atoms with E-state index in [2.05, 4.69) is 91.7 Å². The highest BCUT2D eigenvalue weighted by Crippen LogP contribution is 2.43. The van der Waals surface area contributed by atoms with Gasteiger partial charge in [-0.2, -0.15) is 0 Å². The predicted molar refractivity (Wildman–Crippen MR) is 143 cm³/mol. The van der Waals surface area contributed by atoms with Crippen molar-refractivity contribution in [1.82, 2.24) is 15.0 Å². The zero-order valence-corrected chi connectivity index (χ0v) is 21.4. The molecule has 1 unspecified atom stereocenters. The fourth-order valence-electron chi connectivity index (χ4n) is 4.33. The van der Waals surface area contributed by atoms with Crippen molar-refractivity contribution in [3.63, 3.8) is 0 Å². The van der Waals surface area contributed by atoms with Crippen LogP contribution in [0.4, 0.5) is 0 Å². The van der Waals surface area contributed by atoms with E-state index >= 15 is 0 Å². The standard InChI is InChI=1S/C30H29N3O4/c1-6-27(34)37-28(35)15-36-26-14-22(23-9-7-18(2)11-20(23)4)13-25(24-10-8-19(3)12-21(24)5)29(26)30-32-16-31-17-33-30/h6-14,16-17,28,35H,1,15H2,2-5H3. The molecule has 0 aliphatic carbocycles. The van der Waals surface area contributed by atoms with Gasteiger partial charge in [-0.05, 0) is 73.2 Å². The Labute approximate surface area is 216 Å². The van der Waals surface area contributed by atoms with E-state index in [1.54, 1.807) is 0 Å². The van der Waals surface area contributed by atoms with Crippen LogP contribution in [-0.2, 0) is 9.53 Å². The van der Waals surface area contributed by atoms with Crippen LogP contribution in [0.5, 0.6) is 5.75 Å². The molecule has 1 atom stereocenters. The first-order valence-electron chi connectivity index (χ1n) is 11.9. The number of esters is 1. The summed E-state index contributed by atoms with van der Waals surface area (Å²) < 4.78 is 11.0. The summed E-state index contributed by atoms with van der Waals surface area (Å²) in [5, 5.41) is 10.2. The van der Waals surface area contributed by atoms with E-state index in [4.69, 9.17) is 9.47 Å². The number of carbonyl (C=O) groups is 1. The lowest BCUT2D eigenvalue weighted by atomic mass is 9.89. The molecule has 0 amide bonds. The van der Waals surface area contributed by atoms with Crippen LogP contribution in [0.15, 0.2) is 73.8 Å². The number of aromatic nitrogens is 3. The fraction of sp³-hybridized carbons (Fsp3) is 0.200. The van der Waals surface area contributed by atoms with Crippen LogP contribution in [-0.4, -0.2) is 38.9 Å². The topological polar surface area (TPSA) is 94.4 Å². The molecule has 7 heteroatoms. The molecule has 0 spiro atoms. The second-order valence-corrected chi connectivity index (χ2v) is 8.90. The van der Waals surface area contributed by atoms with Crippen LogP contribution in [0.25, 0.3) is 33.6 Å². The van der Waals surface area contributed by atoms with Crippen LogP contribution in [0.1, 0.15) is 22.3 Å². The third-order valence-corrected chi connectivity index (χ3v) is 5.98. The zero-order chi connectivity index (χ0) is 26.5. The van der Waals surface area contributed by atoms with Gasteiger partial charge in [0.1, 0.15) is 18.4 Å². The molecule has 0 radical (unpaired) electrons. The Hall–Kier alpha value is -4.36. The molecule has 188 valence electrons. The number of hydrogen-bond acceptors (Lipinski definition) is 7. The second-order valence-electron chi connectivity index (χ2n) is 8.90. The van der Waals surface area contributed by atoms with Gasteiger partial charge in [0.2, 0.25) is 6.29 Å². The minimum atomic E-state index is -1.48. The number of benzene rings is 3. The number of hydrogen-bond donors (Lipinski definition) is 1. The average molecular weight is 496 g/mol. The molecule has 4 rings (SSSR count). The highest BCUT2D eigenvalue weighted by atomic mass is 16.7. The van der Waals surface area contributed by atoms with Crippen molar-refractivity contribution < 1.29 is 19.4 Å². The number of carbonyl (C=O) groups excluding carboxylic acids is 1. The summed E-state index contributed by atoms with van der Waals surface area (Å²) in [6.45, 7) is 11.3. The summed E-state index contributed by atoms with van der Waals surface area (Å²) in [5.41, 5.74) is 9.00. The number of rotatable bonds is 8. The first-order valence-corrected chi connectivity index (χ1v) is 11.9. The van der Waals surface area contributed by atoms with Crippen LogP contribution in [0.3, 0.4) is 0 Å². The maximum absolute atomic E-state index is 11.5. The molecule has 4 aromatic rings. The van der Waals surface area contributed by atoms with Gasteiger partial charge in [0.05, 0.1) is 5.56 Å². The quantitative estimate of drug-likeness (QED) is 0.195. The van der Waals surface area contributed by atoms with Crippen molar-refractivity contribution in [2.75, 3.05) is 6.61 Å². The molecular formula is C30H29N3O4. The van der Waals surface area contributed by atoms with Gasteiger partial charge < -0.3 is 14.6 Å². The smallest absolute Gasteiger partial charge is 0.332 e. The van der Waals surface area contributed by atoms with Crippen molar-refractivity contribution in [3.8, 4) is 39.4 Å². The fourth-order valence-corrected chi connectivity index (χ4v) is 4.33. The molecular weight excluding hydrogens is 466 g/mol. The Bertz CT molecular complexity index is 1450. The predicted octanol–water partition coefficient (Wildman–Crippen LogP) is 5.53. The Balaban J connectivity index is 1.95. The van der Waals surface area contributed by atoms with Crippen molar-refractivity contribution in [3.05, 3.63) is 96.1 Å². The minimum Gasteiger partial charge on any atom is -0.486 e. The van der Waals surface area contributed by atoms with E-state index in [1.807, 2.05) is 6.07 Å². The van der Waals surface area contributed by atoms with E-state index in [-0.39, 0.29) is 6.61 Å². The molecule has 0 fully saturated rings. The lowest BCUT2D eigenvalue weighted by Crippen LogP contribution is -2.23. The summed E-state index contributed by atoms with van der Waals surface area (Å²) >= 11 is 0. The van der Waals surface area contributed by atoms with Gasteiger partial charge in [-0.15, -0.1) is 0 Å². The highest BCUT2D eigenvalue weighted by molar-refractivity contribution is 5.90. The summed E-state index contributed by atoms with van der Waals surface area (Å²) in [7, 11) is 0. The molecule has 37 heavy (non-hydrogen) atoms. The van der Waals surface area contributed by atoms with E-state index < -0.39 is 12.3 Å². The Morgan fingerprint density at radius 3 is 2.14 bits per heavy atom. The third-order valence-electron chi connectivity index (χ3n) is 5.98. The summed E-state index contributed by atoms with van der Waals surface area (Å²) in [5.74, 6) is 0.117. The maximum Gasteiger partial charge on any atom is 0.332 e. The Morgan fingerprint density at radius 1 is 0.919 bits per heavy atom. The average Bonchev–Trinajstić information content (AvgIpc) is 2.87. The van der Waals surface area contributed by atoms with Crippen LogP contribution in [0, 0.1) is 27.7 Å². The second kappa shape index (κ2) is 11.1. The molecule has 3 aromatic carbocycles. The van der Waals surface area contributed by atoms with Gasteiger partial charge >= 0.3 is 5.97 Å². The molecule has 7 nitrogen and oxygen atoms in total. The first-order chi connectivity index (χ1) is 17.8. The van der Waals surface area contributed by atoms with Crippen LogP contribution in [0.2, 0.25) is 0 Å². The van der Waals surface area contributed by atoms with Crippen LogP contribution < -0.4 is 4.74 Å². The molecule has 1 heterocycles. The molecule has 0 saturated heterocycles. The largest absolute Gasteiger partial charge is 0.486 e. The van der Waals surface area contributed by atoms with Crippen LogP contribution >= 0.6 is 0 Å². The molecule has 0 bridgehead atoms. The van der Waals surface area contributed by atoms with Gasteiger partial charge in [-0.3, -0.25) is 0 Å². The minimum absolute atomic E-state index is 0.291. The van der Waals surface area contributed by atoms with Gasteiger partial charge in [-0.25, -0.2) is 19.7 Å². The first kappa shape index (κ1) is 25.7. The Kier molecular flexibility index (Phi) is 7.74. The Morgan fingerprint density at radius 2 is 1.54 bits per heavy atom. The van der Waals surface area contributed by atoms with Crippen molar-refractivity contribution in [1.29, 1.82) is 0 Å². The van der Waals surface area contributed by atoms with E-state index in [0.29, 0.717) is 17.1 Å². The number of aliphatic hydroxyl groups excluding tert-OH is 1. The third kappa shape index (κ3) is 5.90. The summed E-state index contributed by atoms with van der Waals surface area (Å²) in [6.07, 6.45) is 2.36.